The molecular formula is C11H19NO3. The quantitative estimate of drug-likeness (QED) is 0.678. The smallest absolute Gasteiger partial charge is 0.407 e. The van der Waals surface area contributed by atoms with Crippen LogP contribution in [0.15, 0.2) is 0 Å². The molecule has 2 fully saturated rings. The second-order valence-electron chi connectivity index (χ2n) is 5.50. The van der Waals surface area contributed by atoms with Crippen LogP contribution in [-0.2, 0) is 4.74 Å². The van der Waals surface area contributed by atoms with E-state index in [9.17, 15) is 9.90 Å². The topological polar surface area (TPSA) is 53.1 Å². The van der Waals surface area contributed by atoms with Gasteiger partial charge in [-0.05, 0) is 40.0 Å². The predicted octanol–water partition coefficient (Wildman–Crippen LogP) is 2.08. The van der Waals surface area contributed by atoms with Crippen molar-refractivity contribution in [3.8, 4) is 0 Å². The van der Waals surface area contributed by atoms with Gasteiger partial charge in [0.05, 0.1) is 12.2 Å². The van der Waals surface area contributed by atoms with Crippen molar-refractivity contribution < 1.29 is 14.6 Å². The molecule has 0 spiro atoms. The van der Waals surface area contributed by atoms with Crippen LogP contribution in [0.25, 0.3) is 0 Å². The molecule has 0 unspecified atom stereocenters. The van der Waals surface area contributed by atoms with E-state index in [1.807, 2.05) is 20.8 Å². The summed E-state index contributed by atoms with van der Waals surface area (Å²) < 4.78 is 5.43. The SMILES string of the molecule is CC(C)(C)N(C(=O)O)[C@@H]1CC[C@@H]2O[C@@H]2C1. The van der Waals surface area contributed by atoms with Gasteiger partial charge in [-0.25, -0.2) is 4.79 Å². The summed E-state index contributed by atoms with van der Waals surface area (Å²) in [6, 6.07) is 0.131. The highest BCUT2D eigenvalue weighted by Gasteiger charge is 2.47. The zero-order chi connectivity index (χ0) is 11.2. The Morgan fingerprint density at radius 2 is 2.00 bits per heavy atom. The Hall–Kier alpha value is -0.770. The first-order chi connectivity index (χ1) is 6.89. The Kier molecular flexibility index (Phi) is 2.41. The van der Waals surface area contributed by atoms with E-state index in [1.165, 1.54) is 0 Å². The third-order valence-electron chi connectivity index (χ3n) is 3.27. The minimum atomic E-state index is -0.813. The van der Waals surface area contributed by atoms with Gasteiger partial charge in [-0.15, -0.1) is 0 Å². The van der Waals surface area contributed by atoms with Crippen molar-refractivity contribution in [1.82, 2.24) is 4.90 Å². The highest BCUT2D eigenvalue weighted by atomic mass is 16.6. The first-order valence-corrected chi connectivity index (χ1v) is 5.57. The van der Waals surface area contributed by atoms with Gasteiger partial charge in [0.15, 0.2) is 0 Å². The van der Waals surface area contributed by atoms with Crippen molar-refractivity contribution in [3.05, 3.63) is 0 Å². The van der Waals surface area contributed by atoms with Crippen molar-refractivity contribution in [2.45, 2.75) is 63.8 Å². The van der Waals surface area contributed by atoms with Gasteiger partial charge in [0.1, 0.15) is 0 Å². The van der Waals surface area contributed by atoms with Crippen molar-refractivity contribution in [2.24, 2.45) is 0 Å². The normalized spacial score (nSPS) is 34.5. The molecule has 0 bridgehead atoms. The summed E-state index contributed by atoms with van der Waals surface area (Å²) >= 11 is 0. The first kappa shape index (κ1) is 10.7. The molecule has 1 aliphatic heterocycles. The van der Waals surface area contributed by atoms with Crippen LogP contribution in [0, 0.1) is 0 Å². The predicted molar refractivity (Wildman–Crippen MR) is 55.9 cm³/mol. The number of hydrogen-bond donors (Lipinski definition) is 1. The van der Waals surface area contributed by atoms with Gasteiger partial charge in [0.2, 0.25) is 0 Å². The maximum Gasteiger partial charge on any atom is 0.407 e. The minimum absolute atomic E-state index is 0.131. The second-order valence-corrected chi connectivity index (χ2v) is 5.50. The Labute approximate surface area is 90.2 Å². The molecule has 1 saturated carbocycles. The Bertz CT molecular complexity index is 271. The Balaban J connectivity index is 2.07. The summed E-state index contributed by atoms with van der Waals surface area (Å²) in [5, 5.41) is 9.25. The molecule has 0 aromatic carbocycles. The third kappa shape index (κ3) is 2.09. The van der Waals surface area contributed by atoms with E-state index in [1.54, 1.807) is 4.90 Å². The standard InChI is InChI=1S/C11H19NO3/c1-11(2,3)12(10(13)14)7-4-5-8-9(6-7)15-8/h7-9H,4-6H2,1-3H3,(H,13,14)/t7-,8+,9-/m1/s1. The van der Waals surface area contributed by atoms with E-state index in [0.717, 1.165) is 19.3 Å². The molecule has 1 N–H and O–H groups in total. The molecule has 1 heterocycles. The van der Waals surface area contributed by atoms with Crippen LogP contribution in [0.2, 0.25) is 0 Å². The van der Waals surface area contributed by atoms with Gasteiger partial charge in [0.25, 0.3) is 0 Å². The zero-order valence-corrected chi connectivity index (χ0v) is 9.56. The number of fused-ring (bicyclic) bond motifs is 1. The number of rotatable bonds is 1. The fraction of sp³-hybridized carbons (Fsp3) is 0.909. The average molecular weight is 213 g/mol. The summed E-state index contributed by atoms with van der Waals surface area (Å²) in [4.78, 5) is 12.8. The summed E-state index contributed by atoms with van der Waals surface area (Å²) in [5.41, 5.74) is -0.321. The lowest BCUT2D eigenvalue weighted by Crippen LogP contribution is -2.52. The minimum Gasteiger partial charge on any atom is -0.465 e. The third-order valence-corrected chi connectivity index (χ3v) is 3.27. The van der Waals surface area contributed by atoms with E-state index >= 15 is 0 Å². The van der Waals surface area contributed by atoms with Crippen LogP contribution in [0.4, 0.5) is 4.79 Å². The van der Waals surface area contributed by atoms with Gasteiger partial charge >= 0.3 is 6.09 Å². The number of nitrogens with zero attached hydrogens (tertiary/aromatic N) is 1. The molecule has 0 aromatic heterocycles. The van der Waals surface area contributed by atoms with Gasteiger partial charge in [-0.3, -0.25) is 0 Å². The van der Waals surface area contributed by atoms with Gasteiger partial charge in [-0.1, -0.05) is 0 Å². The van der Waals surface area contributed by atoms with Crippen LogP contribution in [-0.4, -0.2) is 39.9 Å². The molecule has 86 valence electrons. The van der Waals surface area contributed by atoms with Gasteiger partial charge in [0, 0.05) is 11.6 Å². The van der Waals surface area contributed by atoms with E-state index in [2.05, 4.69) is 0 Å². The van der Waals surface area contributed by atoms with Crippen molar-refractivity contribution in [3.63, 3.8) is 0 Å². The van der Waals surface area contributed by atoms with Gasteiger partial charge in [-0.2, -0.15) is 0 Å². The van der Waals surface area contributed by atoms with E-state index < -0.39 is 6.09 Å². The number of ether oxygens (including phenoxy) is 1. The maximum atomic E-state index is 11.3. The molecule has 4 nitrogen and oxygen atoms in total. The molecule has 0 radical (unpaired) electrons. The molecule has 3 atom stereocenters. The fourth-order valence-corrected chi connectivity index (χ4v) is 2.61. The number of epoxide rings is 1. The van der Waals surface area contributed by atoms with Crippen molar-refractivity contribution in [2.75, 3.05) is 0 Å². The van der Waals surface area contributed by atoms with Gasteiger partial charge < -0.3 is 14.7 Å². The number of hydrogen-bond acceptors (Lipinski definition) is 2. The van der Waals surface area contributed by atoms with Crippen LogP contribution >= 0.6 is 0 Å². The molecule has 1 aliphatic carbocycles. The summed E-state index contributed by atoms with van der Waals surface area (Å²) in [7, 11) is 0. The maximum absolute atomic E-state index is 11.3. The number of carbonyl (C=O) groups is 1. The average Bonchev–Trinajstić information content (AvgIpc) is 2.78. The summed E-state index contributed by atoms with van der Waals surface area (Å²) in [6.07, 6.45) is 2.75. The summed E-state index contributed by atoms with van der Waals surface area (Å²) in [5.74, 6) is 0. The highest BCUT2D eigenvalue weighted by Crippen LogP contribution is 2.39. The highest BCUT2D eigenvalue weighted by molar-refractivity contribution is 5.66. The van der Waals surface area contributed by atoms with Crippen LogP contribution in [0.5, 0.6) is 0 Å². The molecule has 1 saturated heterocycles. The first-order valence-electron chi connectivity index (χ1n) is 5.57. The monoisotopic (exact) mass is 213 g/mol. The van der Waals surface area contributed by atoms with Crippen molar-refractivity contribution >= 4 is 6.09 Å². The zero-order valence-electron chi connectivity index (χ0n) is 9.56. The van der Waals surface area contributed by atoms with E-state index in [-0.39, 0.29) is 11.6 Å². The molecule has 0 aromatic rings. The van der Waals surface area contributed by atoms with Crippen LogP contribution in [0.1, 0.15) is 40.0 Å². The van der Waals surface area contributed by atoms with Crippen LogP contribution in [0.3, 0.4) is 0 Å². The molecule has 4 heteroatoms. The fourth-order valence-electron chi connectivity index (χ4n) is 2.61. The summed E-state index contributed by atoms with van der Waals surface area (Å²) in [6.45, 7) is 5.84. The van der Waals surface area contributed by atoms with Crippen LogP contribution < -0.4 is 0 Å². The molecule has 2 rings (SSSR count). The lowest BCUT2D eigenvalue weighted by Gasteiger charge is -2.40. The molecular weight excluding hydrogens is 194 g/mol. The molecule has 1 amide bonds. The lowest BCUT2D eigenvalue weighted by molar-refractivity contribution is 0.0596. The number of carboxylic acid groups (broad SMARTS) is 1. The van der Waals surface area contributed by atoms with E-state index in [0.29, 0.717) is 12.2 Å². The lowest BCUT2D eigenvalue weighted by atomic mass is 9.91. The largest absolute Gasteiger partial charge is 0.465 e. The Morgan fingerprint density at radius 3 is 2.47 bits per heavy atom. The van der Waals surface area contributed by atoms with Crippen molar-refractivity contribution in [1.29, 1.82) is 0 Å². The number of amides is 1. The van der Waals surface area contributed by atoms with E-state index in [4.69, 9.17) is 4.74 Å². The molecule has 2 aliphatic rings. The molecule has 15 heavy (non-hydrogen) atoms. The Morgan fingerprint density at radius 1 is 1.33 bits per heavy atom. The second kappa shape index (κ2) is 3.37.